The number of nitrogens with zero attached hydrogens (tertiary/aromatic N) is 2. The number of hydrogen-bond acceptors (Lipinski definition) is 5. The summed E-state index contributed by atoms with van der Waals surface area (Å²) in [6.45, 7) is 0. The van der Waals surface area contributed by atoms with Crippen molar-refractivity contribution in [1.82, 2.24) is 9.88 Å². The highest BCUT2D eigenvalue weighted by Crippen LogP contribution is 2.41. The van der Waals surface area contributed by atoms with Gasteiger partial charge in [0.2, 0.25) is 0 Å². The summed E-state index contributed by atoms with van der Waals surface area (Å²) in [6.07, 6.45) is 6.35. The van der Waals surface area contributed by atoms with Gasteiger partial charge in [0.05, 0.1) is 15.7 Å². The maximum absolute atomic E-state index is 13.2. The van der Waals surface area contributed by atoms with E-state index in [0.717, 1.165) is 17.9 Å². The van der Waals surface area contributed by atoms with Crippen molar-refractivity contribution in [2.45, 2.75) is 52.9 Å². The van der Waals surface area contributed by atoms with Crippen molar-refractivity contribution in [2.75, 3.05) is 6.26 Å². The number of rotatable bonds is 4. The molecule has 0 saturated carbocycles. The normalized spacial score (nSPS) is 24.8. The van der Waals surface area contributed by atoms with Gasteiger partial charge in [0.25, 0.3) is 5.91 Å². The van der Waals surface area contributed by atoms with Gasteiger partial charge in [-0.25, -0.2) is 13.4 Å². The van der Waals surface area contributed by atoms with Gasteiger partial charge in [-0.3, -0.25) is 4.79 Å². The van der Waals surface area contributed by atoms with Crippen LogP contribution in [-0.2, 0) is 9.84 Å². The Bertz CT molecular complexity index is 933. The Labute approximate surface area is 164 Å². The van der Waals surface area contributed by atoms with Crippen molar-refractivity contribution in [3.8, 4) is 0 Å². The van der Waals surface area contributed by atoms with Crippen LogP contribution in [0.15, 0.2) is 58.6 Å². The first-order chi connectivity index (χ1) is 13.0. The lowest BCUT2D eigenvalue weighted by Gasteiger charge is -2.38. The molecule has 142 valence electrons. The number of thioether (sulfide) groups is 1. The van der Waals surface area contributed by atoms with Crippen molar-refractivity contribution in [3.63, 3.8) is 0 Å². The summed E-state index contributed by atoms with van der Waals surface area (Å²) in [5.74, 6) is -0.0180. The van der Waals surface area contributed by atoms with Crippen molar-refractivity contribution in [2.24, 2.45) is 0 Å². The van der Waals surface area contributed by atoms with Crippen molar-refractivity contribution in [3.05, 3.63) is 54.2 Å². The number of piperidine rings is 1. The SMILES string of the molecule is CSc1ncccc1C(=O)N1C2CCC1CC(S(=O)(=O)c1ccccc1)C2. The summed E-state index contributed by atoms with van der Waals surface area (Å²) >= 11 is 1.46. The van der Waals surface area contributed by atoms with Gasteiger partial charge >= 0.3 is 0 Å². The fraction of sp³-hybridized carbons (Fsp3) is 0.400. The van der Waals surface area contributed by atoms with E-state index < -0.39 is 15.1 Å². The second-order valence-electron chi connectivity index (χ2n) is 7.11. The fourth-order valence-electron chi connectivity index (χ4n) is 4.37. The summed E-state index contributed by atoms with van der Waals surface area (Å²) in [5, 5.41) is 0.302. The van der Waals surface area contributed by atoms with Crippen molar-refractivity contribution < 1.29 is 13.2 Å². The third-order valence-corrected chi connectivity index (χ3v) is 8.53. The van der Waals surface area contributed by atoms with Crippen LogP contribution < -0.4 is 0 Å². The first-order valence-corrected chi connectivity index (χ1v) is 11.9. The largest absolute Gasteiger partial charge is 0.333 e. The lowest BCUT2D eigenvalue weighted by Crippen LogP contribution is -2.49. The monoisotopic (exact) mass is 402 g/mol. The molecular weight excluding hydrogens is 380 g/mol. The molecule has 2 atom stereocenters. The van der Waals surface area contributed by atoms with Crippen molar-refractivity contribution in [1.29, 1.82) is 0 Å². The molecule has 0 N–H and O–H groups in total. The highest BCUT2D eigenvalue weighted by molar-refractivity contribution is 7.98. The third-order valence-electron chi connectivity index (χ3n) is 5.63. The molecule has 3 heterocycles. The molecule has 0 aliphatic carbocycles. The van der Waals surface area contributed by atoms with E-state index in [2.05, 4.69) is 4.98 Å². The molecule has 7 heteroatoms. The second-order valence-corrected chi connectivity index (χ2v) is 10.1. The Kier molecular flexibility index (Phi) is 4.99. The second kappa shape index (κ2) is 7.28. The van der Waals surface area contributed by atoms with Crippen LogP contribution in [0.1, 0.15) is 36.0 Å². The number of amides is 1. The van der Waals surface area contributed by atoms with Crippen LogP contribution in [-0.4, -0.2) is 47.8 Å². The number of fused-ring (bicyclic) bond motifs is 2. The van der Waals surface area contributed by atoms with Crippen LogP contribution in [0.5, 0.6) is 0 Å². The Morgan fingerprint density at radius 3 is 2.37 bits per heavy atom. The molecule has 5 nitrogen and oxygen atoms in total. The summed E-state index contributed by atoms with van der Waals surface area (Å²) in [4.78, 5) is 19.8. The van der Waals surface area contributed by atoms with Gasteiger partial charge in [0.1, 0.15) is 5.03 Å². The van der Waals surface area contributed by atoms with E-state index in [0.29, 0.717) is 23.3 Å². The van der Waals surface area contributed by atoms with Crippen LogP contribution >= 0.6 is 11.8 Å². The maximum atomic E-state index is 13.2. The Morgan fingerprint density at radius 2 is 1.74 bits per heavy atom. The third kappa shape index (κ3) is 3.27. The van der Waals surface area contributed by atoms with E-state index in [4.69, 9.17) is 0 Å². The highest BCUT2D eigenvalue weighted by Gasteiger charge is 2.47. The average Bonchev–Trinajstić information content (AvgIpc) is 2.96. The van der Waals surface area contributed by atoms with E-state index in [-0.39, 0.29) is 18.0 Å². The molecule has 2 unspecified atom stereocenters. The maximum Gasteiger partial charge on any atom is 0.257 e. The number of carbonyl (C=O) groups excluding carboxylic acids is 1. The smallest absolute Gasteiger partial charge is 0.257 e. The average molecular weight is 403 g/mol. The van der Waals surface area contributed by atoms with Crippen molar-refractivity contribution >= 4 is 27.5 Å². The van der Waals surface area contributed by atoms with E-state index >= 15 is 0 Å². The lowest BCUT2D eigenvalue weighted by atomic mass is 10.0. The number of aromatic nitrogens is 1. The van der Waals surface area contributed by atoms with E-state index in [1.54, 1.807) is 36.5 Å². The number of sulfone groups is 1. The molecule has 0 radical (unpaired) electrons. The predicted octanol–water partition coefficient (Wildman–Crippen LogP) is 3.41. The van der Waals surface area contributed by atoms with Crippen LogP contribution in [0.2, 0.25) is 0 Å². The van der Waals surface area contributed by atoms with E-state index in [1.807, 2.05) is 23.3 Å². The minimum Gasteiger partial charge on any atom is -0.333 e. The molecule has 2 saturated heterocycles. The van der Waals surface area contributed by atoms with Gasteiger partial charge in [-0.15, -0.1) is 11.8 Å². The van der Waals surface area contributed by atoms with Gasteiger partial charge in [-0.05, 0) is 56.2 Å². The first kappa shape index (κ1) is 18.5. The van der Waals surface area contributed by atoms with Gasteiger partial charge < -0.3 is 4.90 Å². The number of benzene rings is 1. The fourth-order valence-corrected chi connectivity index (χ4v) is 6.78. The Balaban J connectivity index is 1.59. The zero-order valence-electron chi connectivity index (χ0n) is 15.1. The standard InChI is InChI=1S/C20H22N2O3S2/c1-26-19-18(8-5-11-21-19)20(23)22-14-9-10-15(22)13-17(12-14)27(24,25)16-6-3-2-4-7-16/h2-8,11,14-15,17H,9-10,12-13H2,1H3. The topological polar surface area (TPSA) is 67.3 Å². The molecule has 1 aromatic heterocycles. The predicted molar refractivity (Wildman–Crippen MR) is 106 cm³/mol. The zero-order valence-corrected chi connectivity index (χ0v) is 16.7. The Morgan fingerprint density at radius 1 is 1.07 bits per heavy atom. The summed E-state index contributed by atoms with van der Waals surface area (Å²) in [6, 6.07) is 12.2. The van der Waals surface area contributed by atoms with Crippen LogP contribution in [0.25, 0.3) is 0 Å². The Hall–Kier alpha value is -1.86. The van der Waals surface area contributed by atoms with Crippen LogP contribution in [0.3, 0.4) is 0 Å². The van der Waals surface area contributed by atoms with Gasteiger partial charge in [0.15, 0.2) is 9.84 Å². The molecule has 2 aliphatic heterocycles. The number of carbonyl (C=O) groups is 1. The highest BCUT2D eigenvalue weighted by atomic mass is 32.2. The molecule has 4 rings (SSSR count). The molecule has 27 heavy (non-hydrogen) atoms. The molecule has 2 fully saturated rings. The first-order valence-electron chi connectivity index (χ1n) is 9.13. The summed E-state index contributed by atoms with van der Waals surface area (Å²) in [5.41, 5.74) is 0.617. The lowest BCUT2D eigenvalue weighted by molar-refractivity contribution is 0.0593. The minimum absolute atomic E-state index is 0.0180. The molecule has 1 aromatic carbocycles. The zero-order chi connectivity index (χ0) is 19.0. The van der Waals surface area contributed by atoms with Crippen LogP contribution in [0, 0.1) is 0 Å². The number of hydrogen-bond donors (Lipinski definition) is 0. The van der Waals surface area contributed by atoms with Gasteiger partial charge in [-0.1, -0.05) is 18.2 Å². The van der Waals surface area contributed by atoms with Gasteiger partial charge in [-0.2, -0.15) is 0 Å². The van der Waals surface area contributed by atoms with Gasteiger partial charge in [0, 0.05) is 18.3 Å². The molecule has 1 amide bonds. The molecular formula is C20H22N2O3S2. The summed E-state index contributed by atoms with van der Waals surface area (Å²) in [7, 11) is -3.37. The number of pyridine rings is 1. The molecule has 2 aliphatic rings. The summed E-state index contributed by atoms with van der Waals surface area (Å²) < 4.78 is 26.1. The van der Waals surface area contributed by atoms with E-state index in [9.17, 15) is 13.2 Å². The molecule has 2 bridgehead atoms. The molecule has 0 spiro atoms. The van der Waals surface area contributed by atoms with Crippen LogP contribution in [0.4, 0.5) is 0 Å². The molecule has 2 aromatic rings. The van der Waals surface area contributed by atoms with E-state index in [1.165, 1.54) is 11.8 Å². The quantitative estimate of drug-likeness (QED) is 0.733. The minimum atomic E-state index is -3.37.